The molecule has 0 aromatic heterocycles. The first kappa shape index (κ1) is 12.9. The van der Waals surface area contributed by atoms with Crippen LogP contribution >= 0.6 is 15.9 Å². The van der Waals surface area contributed by atoms with Crippen molar-refractivity contribution in [1.29, 1.82) is 0 Å². The lowest BCUT2D eigenvalue weighted by molar-refractivity contribution is 0.492. The average molecular weight is 297 g/mol. The van der Waals surface area contributed by atoms with Gasteiger partial charge in [-0.25, -0.2) is 0 Å². The van der Waals surface area contributed by atoms with E-state index in [1.54, 1.807) is 0 Å². The van der Waals surface area contributed by atoms with Gasteiger partial charge in [-0.05, 0) is 42.5 Å². The van der Waals surface area contributed by atoms with Crippen molar-refractivity contribution in [2.24, 2.45) is 11.7 Å². The van der Waals surface area contributed by atoms with Crippen LogP contribution in [0.15, 0.2) is 22.7 Å². The lowest BCUT2D eigenvalue weighted by atomic mass is 10.0. The summed E-state index contributed by atoms with van der Waals surface area (Å²) in [7, 11) is 0. The fourth-order valence-corrected chi connectivity index (χ4v) is 3.25. The second kappa shape index (κ2) is 5.40. The molecular formula is C14H21BrN2. The molecule has 3 heteroatoms. The van der Waals surface area contributed by atoms with Gasteiger partial charge in [0.25, 0.3) is 0 Å². The third-order valence-electron chi connectivity index (χ3n) is 3.58. The maximum absolute atomic E-state index is 5.74. The van der Waals surface area contributed by atoms with E-state index in [1.165, 1.54) is 30.6 Å². The molecule has 2 N–H and O–H groups in total. The van der Waals surface area contributed by atoms with Gasteiger partial charge < -0.3 is 10.6 Å². The van der Waals surface area contributed by atoms with Crippen LogP contribution in [-0.4, -0.2) is 12.6 Å². The van der Waals surface area contributed by atoms with Crippen molar-refractivity contribution in [3.8, 4) is 0 Å². The van der Waals surface area contributed by atoms with E-state index >= 15 is 0 Å². The van der Waals surface area contributed by atoms with Gasteiger partial charge in [-0.3, -0.25) is 0 Å². The van der Waals surface area contributed by atoms with Crippen LogP contribution in [0.5, 0.6) is 0 Å². The highest BCUT2D eigenvalue weighted by Gasteiger charge is 2.27. The molecule has 1 aliphatic heterocycles. The van der Waals surface area contributed by atoms with Crippen LogP contribution in [0.3, 0.4) is 0 Å². The fourth-order valence-electron chi connectivity index (χ4n) is 2.72. The Morgan fingerprint density at radius 1 is 1.41 bits per heavy atom. The van der Waals surface area contributed by atoms with E-state index < -0.39 is 0 Å². The van der Waals surface area contributed by atoms with E-state index in [9.17, 15) is 0 Å². The van der Waals surface area contributed by atoms with Gasteiger partial charge in [0.1, 0.15) is 0 Å². The number of halogens is 1. The van der Waals surface area contributed by atoms with Gasteiger partial charge in [0.05, 0.1) is 0 Å². The van der Waals surface area contributed by atoms with E-state index in [0.29, 0.717) is 18.5 Å². The Bertz CT molecular complexity index is 390. The van der Waals surface area contributed by atoms with Gasteiger partial charge in [0.2, 0.25) is 0 Å². The smallest absolute Gasteiger partial charge is 0.0383 e. The van der Waals surface area contributed by atoms with Crippen molar-refractivity contribution in [1.82, 2.24) is 0 Å². The third-order valence-corrected chi connectivity index (χ3v) is 4.04. The molecule has 0 aliphatic carbocycles. The van der Waals surface area contributed by atoms with Crippen LogP contribution in [0, 0.1) is 5.92 Å². The molecular weight excluding hydrogens is 276 g/mol. The Balaban J connectivity index is 2.29. The number of nitrogens with zero attached hydrogens (tertiary/aromatic N) is 1. The topological polar surface area (TPSA) is 29.3 Å². The molecule has 1 atom stereocenters. The van der Waals surface area contributed by atoms with E-state index in [0.717, 1.165) is 4.47 Å². The molecule has 1 heterocycles. The Kier molecular flexibility index (Phi) is 4.10. The van der Waals surface area contributed by atoms with Crippen molar-refractivity contribution >= 4 is 21.6 Å². The van der Waals surface area contributed by atoms with Gasteiger partial charge in [0, 0.05) is 29.3 Å². The largest absolute Gasteiger partial charge is 0.368 e. The Morgan fingerprint density at radius 3 is 2.82 bits per heavy atom. The van der Waals surface area contributed by atoms with Gasteiger partial charge in [-0.1, -0.05) is 29.8 Å². The molecule has 0 amide bonds. The minimum atomic E-state index is 0.604. The molecule has 1 unspecified atom stereocenters. The second-order valence-corrected chi connectivity index (χ2v) is 6.08. The minimum Gasteiger partial charge on any atom is -0.368 e. The monoisotopic (exact) mass is 296 g/mol. The maximum Gasteiger partial charge on any atom is 0.0383 e. The highest BCUT2D eigenvalue weighted by molar-refractivity contribution is 9.10. The number of benzene rings is 1. The molecule has 2 nitrogen and oxygen atoms in total. The molecule has 1 aromatic carbocycles. The maximum atomic E-state index is 5.74. The van der Waals surface area contributed by atoms with Gasteiger partial charge in [0.15, 0.2) is 0 Å². The van der Waals surface area contributed by atoms with Crippen molar-refractivity contribution in [3.63, 3.8) is 0 Å². The summed E-state index contributed by atoms with van der Waals surface area (Å²) in [5, 5.41) is 0. The Morgan fingerprint density at radius 2 is 2.18 bits per heavy atom. The van der Waals surface area contributed by atoms with Crippen molar-refractivity contribution in [2.45, 2.75) is 39.3 Å². The van der Waals surface area contributed by atoms with Crippen molar-refractivity contribution < 1.29 is 0 Å². The first-order valence-electron chi connectivity index (χ1n) is 6.38. The molecule has 1 aliphatic rings. The second-order valence-electron chi connectivity index (χ2n) is 5.17. The lowest BCUT2D eigenvalue weighted by Gasteiger charge is -2.30. The van der Waals surface area contributed by atoms with E-state index in [2.05, 4.69) is 52.9 Å². The van der Waals surface area contributed by atoms with Crippen LogP contribution in [0.2, 0.25) is 0 Å². The Labute approximate surface area is 112 Å². The number of rotatable bonds is 3. The van der Waals surface area contributed by atoms with Crippen molar-refractivity contribution in [3.05, 3.63) is 28.2 Å². The number of hydrogen-bond donors (Lipinski definition) is 1. The molecule has 0 saturated carbocycles. The predicted molar refractivity (Wildman–Crippen MR) is 77.2 cm³/mol. The molecule has 17 heavy (non-hydrogen) atoms. The molecule has 0 bridgehead atoms. The molecule has 94 valence electrons. The summed E-state index contributed by atoms with van der Waals surface area (Å²) >= 11 is 3.58. The van der Waals surface area contributed by atoms with Crippen LogP contribution in [-0.2, 0) is 6.54 Å². The zero-order valence-electron chi connectivity index (χ0n) is 10.6. The standard InChI is InChI=1S/C14H21BrN2/c1-10(2)14-4-3-5-17(14)13-7-11(9-16)6-12(15)8-13/h6-8,10,14H,3-5,9,16H2,1-2H3. The van der Waals surface area contributed by atoms with Crippen LogP contribution < -0.4 is 10.6 Å². The Hall–Kier alpha value is -0.540. The van der Waals surface area contributed by atoms with Crippen LogP contribution in [0.25, 0.3) is 0 Å². The zero-order valence-corrected chi connectivity index (χ0v) is 12.2. The number of anilines is 1. The summed E-state index contributed by atoms with van der Waals surface area (Å²) < 4.78 is 1.13. The van der Waals surface area contributed by atoms with Gasteiger partial charge in [-0.15, -0.1) is 0 Å². The molecule has 1 aromatic rings. The average Bonchev–Trinajstić information content (AvgIpc) is 2.77. The normalized spacial score (nSPS) is 20.3. The summed E-state index contributed by atoms with van der Waals surface area (Å²) in [5.74, 6) is 0.706. The quantitative estimate of drug-likeness (QED) is 0.924. The van der Waals surface area contributed by atoms with E-state index in [1.807, 2.05) is 0 Å². The van der Waals surface area contributed by atoms with E-state index in [-0.39, 0.29) is 0 Å². The highest BCUT2D eigenvalue weighted by atomic mass is 79.9. The molecule has 1 fully saturated rings. The minimum absolute atomic E-state index is 0.604. The third kappa shape index (κ3) is 2.83. The van der Waals surface area contributed by atoms with Crippen molar-refractivity contribution in [2.75, 3.05) is 11.4 Å². The van der Waals surface area contributed by atoms with Gasteiger partial charge >= 0.3 is 0 Å². The number of hydrogen-bond acceptors (Lipinski definition) is 2. The summed E-state index contributed by atoms with van der Waals surface area (Å²) in [6, 6.07) is 7.21. The fraction of sp³-hybridized carbons (Fsp3) is 0.571. The molecule has 0 spiro atoms. The highest BCUT2D eigenvalue weighted by Crippen LogP contribution is 2.32. The SMILES string of the molecule is CC(C)C1CCCN1c1cc(Br)cc(CN)c1. The van der Waals surface area contributed by atoms with E-state index in [4.69, 9.17) is 5.73 Å². The summed E-state index contributed by atoms with van der Waals surface area (Å²) in [4.78, 5) is 2.54. The summed E-state index contributed by atoms with van der Waals surface area (Å²) in [5.41, 5.74) is 8.26. The molecule has 0 radical (unpaired) electrons. The first-order chi connectivity index (χ1) is 8.11. The summed E-state index contributed by atoms with van der Waals surface area (Å²) in [6.07, 6.45) is 2.61. The molecule has 2 rings (SSSR count). The number of nitrogens with two attached hydrogens (primary N) is 1. The molecule has 1 saturated heterocycles. The zero-order chi connectivity index (χ0) is 12.4. The van der Waals surface area contributed by atoms with Gasteiger partial charge in [-0.2, -0.15) is 0 Å². The first-order valence-corrected chi connectivity index (χ1v) is 7.17. The van der Waals surface area contributed by atoms with Crippen LogP contribution in [0.4, 0.5) is 5.69 Å². The predicted octanol–water partition coefficient (Wildman–Crippen LogP) is 3.53. The lowest BCUT2D eigenvalue weighted by Crippen LogP contribution is -2.33. The van der Waals surface area contributed by atoms with Crippen LogP contribution in [0.1, 0.15) is 32.3 Å². The summed E-state index contributed by atoms with van der Waals surface area (Å²) in [6.45, 7) is 6.39.